The number of H-pyrrole nitrogens is 1. The van der Waals surface area contributed by atoms with Crippen LogP contribution in [0.1, 0.15) is 44.2 Å². The van der Waals surface area contributed by atoms with Gasteiger partial charge in [0.25, 0.3) is 5.91 Å². The monoisotopic (exact) mass is 352 g/mol. The first-order valence-corrected chi connectivity index (χ1v) is 9.35. The molecule has 1 N–H and O–H groups in total. The number of carbonyl (C=O) groups excluding carboxylic acids is 1. The number of hydrogen-bond acceptors (Lipinski definition) is 4. The van der Waals surface area contributed by atoms with Gasteiger partial charge in [-0.05, 0) is 24.8 Å². The summed E-state index contributed by atoms with van der Waals surface area (Å²) in [7, 11) is 0. The standard InChI is InChI=1S/C20H24N4O2/c1-2-16-12-18(26-23-16)20(25)24-10-8-15(9-11-24)19-17(13-21-22-19)14-6-4-3-5-7-14/h3-7,13,15,18H,2,8-12H2,1H3,(H,21,22)/t18-/m1/s1. The zero-order valence-corrected chi connectivity index (χ0v) is 15.0. The molecule has 2 aliphatic rings. The average molecular weight is 352 g/mol. The van der Waals surface area contributed by atoms with Crippen LogP contribution >= 0.6 is 0 Å². The summed E-state index contributed by atoms with van der Waals surface area (Å²) in [5, 5.41) is 11.5. The molecule has 1 amide bonds. The molecular weight excluding hydrogens is 328 g/mol. The molecule has 1 atom stereocenters. The van der Waals surface area contributed by atoms with E-state index in [1.165, 1.54) is 11.3 Å². The Hall–Kier alpha value is -2.63. The molecule has 1 aromatic heterocycles. The molecule has 26 heavy (non-hydrogen) atoms. The Morgan fingerprint density at radius 2 is 2.04 bits per heavy atom. The van der Waals surface area contributed by atoms with Gasteiger partial charge in [0.1, 0.15) is 0 Å². The molecule has 2 aromatic rings. The number of likely N-dealkylation sites (tertiary alicyclic amines) is 1. The van der Waals surface area contributed by atoms with E-state index >= 15 is 0 Å². The number of nitrogens with one attached hydrogen (secondary N) is 1. The number of hydrogen-bond donors (Lipinski definition) is 1. The molecule has 0 spiro atoms. The van der Waals surface area contributed by atoms with E-state index in [1.807, 2.05) is 36.2 Å². The molecule has 0 radical (unpaired) electrons. The largest absolute Gasteiger partial charge is 0.382 e. The zero-order valence-electron chi connectivity index (χ0n) is 15.0. The van der Waals surface area contributed by atoms with Crippen molar-refractivity contribution in [3.63, 3.8) is 0 Å². The van der Waals surface area contributed by atoms with Gasteiger partial charge in [0.05, 0.1) is 11.9 Å². The Bertz CT molecular complexity index is 791. The van der Waals surface area contributed by atoms with Gasteiger partial charge in [-0.15, -0.1) is 0 Å². The third kappa shape index (κ3) is 3.23. The first-order valence-electron chi connectivity index (χ1n) is 9.35. The number of carbonyl (C=O) groups is 1. The maximum absolute atomic E-state index is 12.7. The maximum Gasteiger partial charge on any atom is 0.266 e. The minimum Gasteiger partial charge on any atom is -0.382 e. The van der Waals surface area contributed by atoms with E-state index in [9.17, 15) is 4.79 Å². The van der Waals surface area contributed by atoms with Crippen molar-refractivity contribution >= 4 is 11.6 Å². The topological polar surface area (TPSA) is 70.6 Å². The Labute approximate surface area is 153 Å². The summed E-state index contributed by atoms with van der Waals surface area (Å²) in [5.41, 5.74) is 4.49. The van der Waals surface area contributed by atoms with Gasteiger partial charge in [0.15, 0.2) is 0 Å². The van der Waals surface area contributed by atoms with Gasteiger partial charge in [-0.2, -0.15) is 5.10 Å². The summed E-state index contributed by atoms with van der Waals surface area (Å²) in [6.45, 7) is 3.53. The first-order chi connectivity index (χ1) is 12.8. The SMILES string of the molecule is CCC1=NO[C@@H](C(=O)N2CCC(c3[nH]ncc3-c3ccccc3)CC2)C1. The molecule has 0 unspecified atom stereocenters. The van der Waals surface area contributed by atoms with Crippen molar-refractivity contribution in [3.05, 3.63) is 42.2 Å². The number of oxime groups is 1. The van der Waals surface area contributed by atoms with Crippen molar-refractivity contribution in [1.82, 2.24) is 15.1 Å². The molecule has 6 heteroatoms. The molecule has 0 saturated carbocycles. The fourth-order valence-electron chi connectivity index (χ4n) is 3.82. The quantitative estimate of drug-likeness (QED) is 0.917. The van der Waals surface area contributed by atoms with Crippen LogP contribution in [0.25, 0.3) is 11.1 Å². The summed E-state index contributed by atoms with van der Waals surface area (Å²) in [5.74, 6) is 0.465. The Balaban J connectivity index is 1.39. The summed E-state index contributed by atoms with van der Waals surface area (Å²) >= 11 is 0. The van der Waals surface area contributed by atoms with Crippen molar-refractivity contribution < 1.29 is 9.63 Å². The highest BCUT2D eigenvalue weighted by molar-refractivity contribution is 5.92. The lowest BCUT2D eigenvalue weighted by Crippen LogP contribution is -2.43. The van der Waals surface area contributed by atoms with Crippen LogP contribution < -0.4 is 0 Å². The minimum absolute atomic E-state index is 0.0727. The van der Waals surface area contributed by atoms with E-state index in [1.54, 1.807) is 0 Å². The van der Waals surface area contributed by atoms with Gasteiger partial charge in [0.2, 0.25) is 6.10 Å². The average Bonchev–Trinajstić information content (AvgIpc) is 3.38. The van der Waals surface area contributed by atoms with Gasteiger partial charge in [0, 0.05) is 36.7 Å². The van der Waals surface area contributed by atoms with Crippen molar-refractivity contribution in [2.24, 2.45) is 5.16 Å². The van der Waals surface area contributed by atoms with Crippen molar-refractivity contribution in [1.29, 1.82) is 0 Å². The molecule has 1 saturated heterocycles. The molecule has 1 fully saturated rings. The Morgan fingerprint density at radius 1 is 1.27 bits per heavy atom. The first kappa shape index (κ1) is 16.8. The third-order valence-corrected chi connectivity index (χ3v) is 5.38. The lowest BCUT2D eigenvalue weighted by Gasteiger charge is -2.33. The number of nitrogens with zero attached hydrogens (tertiary/aromatic N) is 3. The second-order valence-electron chi connectivity index (χ2n) is 6.97. The maximum atomic E-state index is 12.7. The van der Waals surface area contributed by atoms with Crippen LogP contribution in [0, 0.1) is 0 Å². The number of piperidine rings is 1. The van der Waals surface area contributed by atoms with E-state index in [2.05, 4.69) is 27.5 Å². The molecule has 6 nitrogen and oxygen atoms in total. The van der Waals surface area contributed by atoms with Crippen LogP contribution in [0.3, 0.4) is 0 Å². The normalized spacial score (nSPS) is 20.7. The summed E-state index contributed by atoms with van der Waals surface area (Å²) in [6, 6.07) is 10.3. The Kier molecular flexibility index (Phi) is 4.73. The summed E-state index contributed by atoms with van der Waals surface area (Å²) < 4.78 is 0. The van der Waals surface area contributed by atoms with E-state index in [0.29, 0.717) is 12.3 Å². The van der Waals surface area contributed by atoms with Gasteiger partial charge >= 0.3 is 0 Å². The Morgan fingerprint density at radius 3 is 2.73 bits per heavy atom. The molecule has 0 aliphatic carbocycles. The second kappa shape index (κ2) is 7.32. The van der Waals surface area contributed by atoms with E-state index in [4.69, 9.17) is 4.84 Å². The van der Waals surface area contributed by atoms with Crippen molar-refractivity contribution in [2.45, 2.75) is 44.6 Å². The van der Waals surface area contributed by atoms with Crippen LogP contribution in [-0.2, 0) is 9.63 Å². The van der Waals surface area contributed by atoms with Crippen LogP contribution in [0.4, 0.5) is 0 Å². The van der Waals surface area contributed by atoms with E-state index in [-0.39, 0.29) is 5.91 Å². The lowest BCUT2D eigenvalue weighted by atomic mass is 9.89. The summed E-state index contributed by atoms with van der Waals surface area (Å²) in [6.07, 6.45) is 4.82. The lowest BCUT2D eigenvalue weighted by molar-refractivity contribution is -0.143. The zero-order chi connectivity index (χ0) is 17.9. The smallest absolute Gasteiger partial charge is 0.266 e. The van der Waals surface area contributed by atoms with Gasteiger partial charge in [-0.25, -0.2) is 0 Å². The number of rotatable bonds is 4. The van der Waals surface area contributed by atoms with Gasteiger partial charge in [-0.1, -0.05) is 42.4 Å². The highest BCUT2D eigenvalue weighted by atomic mass is 16.6. The fourth-order valence-corrected chi connectivity index (χ4v) is 3.82. The van der Waals surface area contributed by atoms with E-state index in [0.717, 1.165) is 43.6 Å². The number of benzene rings is 1. The molecule has 0 bridgehead atoms. The highest BCUT2D eigenvalue weighted by Gasteiger charge is 2.34. The molecule has 136 valence electrons. The van der Waals surface area contributed by atoms with Crippen molar-refractivity contribution in [2.75, 3.05) is 13.1 Å². The van der Waals surface area contributed by atoms with E-state index < -0.39 is 6.10 Å². The molecule has 4 rings (SSSR count). The molecule has 2 aliphatic heterocycles. The predicted molar refractivity (Wildman–Crippen MR) is 99.8 cm³/mol. The molecular formula is C20H24N4O2. The minimum atomic E-state index is -0.423. The van der Waals surface area contributed by atoms with Crippen LogP contribution in [0.15, 0.2) is 41.7 Å². The van der Waals surface area contributed by atoms with Gasteiger partial charge < -0.3 is 9.74 Å². The van der Waals surface area contributed by atoms with Crippen molar-refractivity contribution in [3.8, 4) is 11.1 Å². The highest BCUT2D eigenvalue weighted by Crippen LogP contribution is 2.34. The second-order valence-corrected chi connectivity index (χ2v) is 6.97. The van der Waals surface area contributed by atoms with Crippen LogP contribution in [-0.4, -0.2) is 45.9 Å². The van der Waals surface area contributed by atoms with Gasteiger partial charge in [-0.3, -0.25) is 9.89 Å². The number of amides is 1. The molecule has 3 heterocycles. The predicted octanol–water partition coefficient (Wildman–Crippen LogP) is 3.34. The fraction of sp³-hybridized carbons (Fsp3) is 0.450. The molecule has 1 aromatic carbocycles. The summed E-state index contributed by atoms with van der Waals surface area (Å²) in [4.78, 5) is 19.9. The third-order valence-electron chi connectivity index (χ3n) is 5.38. The number of aromatic amines is 1. The van der Waals surface area contributed by atoms with Crippen LogP contribution in [0.5, 0.6) is 0 Å². The number of aromatic nitrogens is 2. The van der Waals surface area contributed by atoms with Crippen LogP contribution in [0.2, 0.25) is 0 Å².